The summed E-state index contributed by atoms with van der Waals surface area (Å²) in [4.78, 5) is 16.7. The number of benzene rings is 4. The lowest BCUT2D eigenvalue weighted by Gasteiger charge is -2.37. The summed E-state index contributed by atoms with van der Waals surface area (Å²) in [5, 5.41) is 19.6. The lowest BCUT2D eigenvalue weighted by molar-refractivity contribution is -0.136. The number of nitrogens with zero attached hydrogens (tertiary/aromatic N) is 2. The fourth-order valence-electron chi connectivity index (χ4n) is 6.15. The molecule has 0 radical (unpaired) electrons. The number of aryl methyl sites for hydroxylation is 1. The fraction of sp³-hybridized carbons (Fsp3) is 0.333. The summed E-state index contributed by atoms with van der Waals surface area (Å²) in [6.07, 6.45) is 1.94. The number of phenolic OH excluding ortho intramolecular Hbond substituents is 1. The van der Waals surface area contributed by atoms with Crippen LogP contribution in [-0.2, 0) is 37.0 Å². The number of hydrogen-bond donors (Lipinski definition) is 2. The van der Waals surface area contributed by atoms with Crippen molar-refractivity contribution in [2.75, 3.05) is 6.61 Å². The molecule has 2 unspecified atom stereocenters. The Morgan fingerprint density at radius 2 is 1.69 bits per heavy atom. The number of aromatic nitrogens is 2. The van der Waals surface area contributed by atoms with Crippen molar-refractivity contribution in [2.45, 2.75) is 70.2 Å². The summed E-state index contributed by atoms with van der Waals surface area (Å²) < 4.78 is 34.1. The first-order valence-corrected chi connectivity index (χ1v) is 17.3. The summed E-state index contributed by atoms with van der Waals surface area (Å²) >= 11 is 1.32. The second-order valence-electron chi connectivity index (χ2n) is 13.0. The highest BCUT2D eigenvalue weighted by atomic mass is 32.2. The van der Waals surface area contributed by atoms with Gasteiger partial charge in [0.15, 0.2) is 0 Å². The van der Waals surface area contributed by atoms with Crippen LogP contribution in [0.25, 0.3) is 11.0 Å². The minimum Gasteiger partial charge on any atom is -0.507 e. The fourth-order valence-corrected chi connectivity index (χ4v) is 7.19. The normalized spacial score (nSPS) is 16.2. The molecule has 2 heterocycles. The number of carbonyl (C=O) groups is 1. The van der Waals surface area contributed by atoms with Crippen LogP contribution in [0.15, 0.2) is 66.7 Å². The third-order valence-electron chi connectivity index (χ3n) is 9.43. The molecule has 0 saturated carbocycles. The van der Waals surface area contributed by atoms with Gasteiger partial charge in [-0.25, -0.2) is 9.37 Å². The molecule has 49 heavy (non-hydrogen) atoms. The van der Waals surface area contributed by atoms with Crippen molar-refractivity contribution in [3.05, 3.63) is 112 Å². The topological polar surface area (TPSA) is 103 Å². The maximum atomic E-state index is 13.2. The predicted octanol–water partition coefficient (Wildman–Crippen LogP) is 8.01. The number of ether oxygens (including phenoxy) is 3. The second kappa shape index (κ2) is 14.0. The molecule has 5 aromatic rings. The lowest BCUT2D eigenvalue weighted by Crippen LogP contribution is -2.42. The van der Waals surface area contributed by atoms with Crippen molar-refractivity contribution in [3.63, 3.8) is 0 Å². The van der Waals surface area contributed by atoms with Gasteiger partial charge >= 0.3 is 5.97 Å². The first-order chi connectivity index (χ1) is 23.4. The minimum absolute atomic E-state index is 0.255. The van der Waals surface area contributed by atoms with Crippen LogP contribution < -0.4 is 14.2 Å². The molecular formula is C39H41FN2O6S. The van der Waals surface area contributed by atoms with Crippen molar-refractivity contribution in [3.8, 4) is 23.0 Å². The highest BCUT2D eigenvalue weighted by Crippen LogP contribution is 2.43. The number of phenols is 1. The standard InChI is InChI=1S/C39H41FN2O6S/c1-23-24(2)37-31(25(3)36(23)43)16-17-39(4,48-37)22-47-30-14-15-32-33(19-30)42(5)35(41-32)20-46-29-12-8-26(9-13-29)18-34(38(44)45)49-21-27-6-10-28(40)11-7-27/h6-15,19,34,43H,16-18,20-22H2,1-5H3,(H,44,45). The zero-order valence-electron chi connectivity index (χ0n) is 28.4. The Morgan fingerprint density at radius 1 is 1.00 bits per heavy atom. The van der Waals surface area contributed by atoms with E-state index in [1.807, 2.05) is 74.9 Å². The van der Waals surface area contributed by atoms with Gasteiger partial charge in [0.1, 0.15) is 58.7 Å². The summed E-state index contributed by atoms with van der Waals surface area (Å²) in [5.41, 5.74) is 6.77. The van der Waals surface area contributed by atoms with E-state index >= 15 is 0 Å². The number of fused-ring (bicyclic) bond motifs is 2. The maximum Gasteiger partial charge on any atom is 0.316 e. The number of carboxylic acid groups (broad SMARTS) is 1. The van der Waals surface area contributed by atoms with Crippen LogP contribution in [0.5, 0.6) is 23.0 Å². The molecule has 1 aromatic heterocycles. The number of hydrogen-bond acceptors (Lipinski definition) is 7. The van der Waals surface area contributed by atoms with Gasteiger partial charge in [-0.15, -0.1) is 11.8 Å². The Morgan fingerprint density at radius 3 is 2.41 bits per heavy atom. The van der Waals surface area contributed by atoms with Crippen molar-refractivity contribution in [2.24, 2.45) is 7.05 Å². The van der Waals surface area contributed by atoms with Crippen molar-refractivity contribution < 1.29 is 33.6 Å². The molecule has 1 aliphatic rings. The molecule has 2 N–H and O–H groups in total. The molecule has 8 nitrogen and oxygen atoms in total. The molecule has 0 spiro atoms. The van der Waals surface area contributed by atoms with Crippen molar-refractivity contribution in [1.29, 1.82) is 0 Å². The van der Waals surface area contributed by atoms with E-state index < -0.39 is 16.8 Å². The predicted molar refractivity (Wildman–Crippen MR) is 189 cm³/mol. The number of imidazole rings is 1. The van der Waals surface area contributed by atoms with E-state index in [1.165, 1.54) is 23.9 Å². The van der Waals surface area contributed by atoms with E-state index in [9.17, 15) is 19.4 Å². The average Bonchev–Trinajstić information content (AvgIpc) is 3.41. The molecule has 0 bridgehead atoms. The summed E-state index contributed by atoms with van der Waals surface area (Å²) in [7, 11) is 1.95. The van der Waals surface area contributed by atoms with Crippen LogP contribution in [0.3, 0.4) is 0 Å². The Labute approximate surface area is 289 Å². The van der Waals surface area contributed by atoms with Gasteiger partial charge in [-0.2, -0.15) is 0 Å². The van der Waals surface area contributed by atoms with Gasteiger partial charge in [-0.05, 0) is 111 Å². The van der Waals surface area contributed by atoms with Gasteiger partial charge in [0.2, 0.25) is 0 Å². The average molecular weight is 685 g/mol. The Kier molecular flexibility index (Phi) is 9.79. The van der Waals surface area contributed by atoms with Crippen LogP contribution in [-0.4, -0.2) is 43.2 Å². The summed E-state index contributed by atoms with van der Waals surface area (Å²) in [5.74, 6) is 2.63. The van der Waals surface area contributed by atoms with Gasteiger partial charge in [-0.1, -0.05) is 24.3 Å². The van der Waals surface area contributed by atoms with E-state index in [-0.39, 0.29) is 12.4 Å². The van der Waals surface area contributed by atoms with E-state index in [0.29, 0.717) is 30.3 Å². The number of thioether (sulfide) groups is 1. The molecule has 1 aliphatic heterocycles. The van der Waals surface area contributed by atoms with Gasteiger partial charge < -0.3 is 29.0 Å². The van der Waals surface area contributed by atoms with Gasteiger partial charge in [-0.3, -0.25) is 4.79 Å². The van der Waals surface area contributed by atoms with E-state index in [2.05, 4.69) is 6.92 Å². The Bertz CT molecular complexity index is 1990. The Hall–Kier alpha value is -4.70. The molecule has 0 amide bonds. The molecule has 4 aromatic carbocycles. The minimum atomic E-state index is -0.882. The maximum absolute atomic E-state index is 13.2. The summed E-state index contributed by atoms with van der Waals surface area (Å²) in [6, 6.07) is 19.4. The molecule has 0 aliphatic carbocycles. The molecule has 0 fully saturated rings. The van der Waals surface area contributed by atoms with E-state index in [1.54, 1.807) is 12.1 Å². The van der Waals surface area contributed by atoms with Crippen molar-refractivity contribution >= 4 is 28.8 Å². The van der Waals surface area contributed by atoms with Crippen molar-refractivity contribution in [1.82, 2.24) is 9.55 Å². The molecule has 0 saturated heterocycles. The highest BCUT2D eigenvalue weighted by molar-refractivity contribution is 7.99. The van der Waals surface area contributed by atoms with Crippen LogP contribution >= 0.6 is 11.8 Å². The zero-order valence-corrected chi connectivity index (χ0v) is 29.2. The SMILES string of the molecule is Cc1c(C)c2c(c(C)c1O)CCC(C)(COc1ccc3nc(COc4ccc(CC(SCc5ccc(F)cc5)C(=O)O)cc4)n(C)c3c1)O2. The largest absolute Gasteiger partial charge is 0.507 e. The molecule has 256 valence electrons. The van der Waals surface area contributed by atoms with E-state index in [0.717, 1.165) is 74.6 Å². The number of carboxylic acids is 1. The van der Waals surface area contributed by atoms with Gasteiger partial charge in [0.25, 0.3) is 0 Å². The van der Waals surface area contributed by atoms with Gasteiger partial charge in [0, 0.05) is 24.4 Å². The molecule has 6 rings (SSSR count). The number of aromatic hydroxyl groups is 1. The van der Waals surface area contributed by atoms with Gasteiger partial charge in [0.05, 0.1) is 11.0 Å². The number of aliphatic carboxylic acids is 1. The quantitative estimate of drug-likeness (QED) is 0.136. The third kappa shape index (κ3) is 7.49. The monoisotopic (exact) mass is 684 g/mol. The second-order valence-corrected chi connectivity index (χ2v) is 14.2. The Balaban J connectivity index is 1.05. The first kappa shape index (κ1) is 34.2. The first-order valence-electron chi connectivity index (χ1n) is 16.3. The van der Waals surface area contributed by atoms with Crippen LogP contribution in [0.1, 0.15) is 52.5 Å². The third-order valence-corrected chi connectivity index (χ3v) is 10.7. The van der Waals surface area contributed by atoms with Crippen LogP contribution in [0.2, 0.25) is 0 Å². The molecule has 10 heteroatoms. The highest BCUT2D eigenvalue weighted by Gasteiger charge is 2.35. The van der Waals surface area contributed by atoms with E-state index in [4.69, 9.17) is 19.2 Å². The van der Waals surface area contributed by atoms with Crippen LogP contribution in [0, 0.1) is 26.6 Å². The molecule has 2 atom stereocenters. The van der Waals surface area contributed by atoms with Crippen LogP contribution in [0.4, 0.5) is 4.39 Å². The lowest BCUT2D eigenvalue weighted by atomic mass is 9.87. The zero-order chi connectivity index (χ0) is 34.9. The summed E-state index contributed by atoms with van der Waals surface area (Å²) in [6.45, 7) is 8.55. The number of halogens is 1. The molecular weight excluding hydrogens is 644 g/mol. The number of rotatable bonds is 12. The smallest absolute Gasteiger partial charge is 0.316 e.